The van der Waals surface area contributed by atoms with Gasteiger partial charge in [0, 0.05) is 24.2 Å². The lowest BCUT2D eigenvalue weighted by atomic mass is 9.97. The number of hydrogen-bond acceptors (Lipinski definition) is 7. The normalized spacial score (nSPS) is 15.9. The quantitative estimate of drug-likeness (QED) is 0.648. The van der Waals surface area contributed by atoms with E-state index < -0.39 is 0 Å². The highest BCUT2D eigenvalue weighted by Crippen LogP contribution is 2.23. The Bertz CT molecular complexity index is 841. The minimum atomic E-state index is 0.310. The molecule has 0 bridgehead atoms. The van der Waals surface area contributed by atoms with Crippen molar-refractivity contribution in [2.45, 2.75) is 25.9 Å². The van der Waals surface area contributed by atoms with Crippen LogP contribution in [0.25, 0.3) is 11.5 Å². The molecule has 1 fully saturated rings. The third-order valence-electron chi connectivity index (χ3n) is 5.05. The van der Waals surface area contributed by atoms with E-state index in [9.17, 15) is 5.11 Å². The first-order valence-corrected chi connectivity index (χ1v) is 10.3. The van der Waals surface area contributed by atoms with Crippen LogP contribution in [0.1, 0.15) is 24.2 Å². The molecule has 0 spiro atoms. The Kier molecular flexibility index (Phi) is 5.81. The number of aromatic nitrogens is 2. The number of benzene rings is 1. The predicted molar refractivity (Wildman–Crippen MR) is 106 cm³/mol. The molecular weight excluding hydrogens is 360 g/mol. The molecule has 0 unspecified atom stereocenters. The van der Waals surface area contributed by atoms with E-state index in [1.807, 2.05) is 22.9 Å². The minimum absolute atomic E-state index is 0.310. The second-order valence-electron chi connectivity index (χ2n) is 6.94. The first kappa shape index (κ1) is 18.2. The Morgan fingerprint density at radius 3 is 2.85 bits per heavy atom. The van der Waals surface area contributed by atoms with E-state index in [4.69, 9.17) is 4.52 Å². The van der Waals surface area contributed by atoms with Crippen LogP contribution in [0.2, 0.25) is 0 Å². The van der Waals surface area contributed by atoms with E-state index in [0.717, 1.165) is 43.7 Å². The second-order valence-corrected chi connectivity index (χ2v) is 7.72. The van der Waals surface area contributed by atoms with Gasteiger partial charge in [-0.05, 0) is 54.9 Å². The zero-order valence-corrected chi connectivity index (χ0v) is 16.0. The van der Waals surface area contributed by atoms with Crippen molar-refractivity contribution in [1.29, 1.82) is 0 Å². The van der Waals surface area contributed by atoms with Gasteiger partial charge in [-0.3, -0.25) is 4.90 Å². The molecular formula is C20H24N4O2S. The molecule has 7 heteroatoms. The predicted octanol–water partition coefficient (Wildman–Crippen LogP) is 3.61. The molecule has 3 aromatic rings. The van der Waals surface area contributed by atoms with Gasteiger partial charge in [-0.25, -0.2) is 0 Å². The summed E-state index contributed by atoms with van der Waals surface area (Å²) in [5.41, 5.74) is 3.33. The summed E-state index contributed by atoms with van der Waals surface area (Å²) in [6, 6.07) is 10.3. The Hall–Kier alpha value is -2.22. The van der Waals surface area contributed by atoms with E-state index >= 15 is 0 Å². The summed E-state index contributed by atoms with van der Waals surface area (Å²) >= 11 is 1.61. The number of aliphatic hydroxyl groups is 1. The summed E-state index contributed by atoms with van der Waals surface area (Å²) in [4.78, 5) is 6.92. The average molecular weight is 385 g/mol. The van der Waals surface area contributed by atoms with Gasteiger partial charge >= 0.3 is 0 Å². The van der Waals surface area contributed by atoms with Gasteiger partial charge in [0.1, 0.15) is 0 Å². The maximum atomic E-state index is 9.30. The third-order valence-corrected chi connectivity index (χ3v) is 5.73. The summed E-state index contributed by atoms with van der Waals surface area (Å²) in [6.45, 7) is 3.82. The van der Waals surface area contributed by atoms with Crippen LogP contribution < -0.4 is 5.32 Å². The molecule has 0 amide bonds. The standard InChI is InChI=1S/C20H24N4O2S/c25-13-15-5-8-24(9-6-15)12-16-3-1-2-4-18(16)21-11-19-22-20(26-23-19)17-7-10-27-14-17/h1-4,7,10,14-15,21,25H,5-6,8-9,11-13H2. The molecule has 3 heterocycles. The Morgan fingerprint density at radius 1 is 1.22 bits per heavy atom. The molecule has 1 saturated heterocycles. The summed E-state index contributed by atoms with van der Waals surface area (Å²) < 4.78 is 5.35. The van der Waals surface area contributed by atoms with Crippen LogP contribution in [-0.4, -0.2) is 39.8 Å². The molecule has 0 radical (unpaired) electrons. The van der Waals surface area contributed by atoms with Crippen LogP contribution in [0.5, 0.6) is 0 Å². The number of thiophene rings is 1. The molecule has 0 aliphatic carbocycles. The van der Waals surface area contributed by atoms with Gasteiger partial charge in [0.15, 0.2) is 5.82 Å². The lowest BCUT2D eigenvalue weighted by Gasteiger charge is -2.31. The van der Waals surface area contributed by atoms with Gasteiger partial charge in [0.2, 0.25) is 0 Å². The zero-order valence-electron chi connectivity index (χ0n) is 15.2. The van der Waals surface area contributed by atoms with Crippen LogP contribution >= 0.6 is 11.3 Å². The Balaban J connectivity index is 1.37. The Morgan fingerprint density at radius 2 is 2.07 bits per heavy atom. The number of nitrogens with one attached hydrogen (secondary N) is 1. The van der Waals surface area contributed by atoms with Gasteiger partial charge in [0.25, 0.3) is 5.89 Å². The third kappa shape index (κ3) is 4.55. The molecule has 1 aliphatic heterocycles. The zero-order chi connectivity index (χ0) is 18.5. The fraction of sp³-hybridized carbons (Fsp3) is 0.400. The number of nitrogens with zero attached hydrogens (tertiary/aromatic N) is 3. The number of anilines is 1. The lowest BCUT2D eigenvalue weighted by Crippen LogP contribution is -2.34. The number of likely N-dealkylation sites (tertiary alicyclic amines) is 1. The van der Waals surface area contributed by atoms with Gasteiger partial charge in [-0.15, -0.1) is 0 Å². The molecule has 0 saturated carbocycles. The van der Waals surface area contributed by atoms with E-state index in [2.05, 4.69) is 38.6 Å². The number of aliphatic hydroxyl groups excluding tert-OH is 1. The molecule has 142 valence electrons. The summed E-state index contributed by atoms with van der Waals surface area (Å²) in [5, 5.41) is 20.8. The molecule has 1 aliphatic rings. The van der Waals surface area contributed by atoms with Crippen molar-refractivity contribution in [3.63, 3.8) is 0 Å². The van der Waals surface area contributed by atoms with Crippen LogP contribution in [0, 0.1) is 5.92 Å². The number of piperidine rings is 1. The van der Waals surface area contributed by atoms with E-state index in [-0.39, 0.29) is 0 Å². The maximum absolute atomic E-state index is 9.30. The monoisotopic (exact) mass is 384 g/mol. The highest BCUT2D eigenvalue weighted by Gasteiger charge is 2.19. The average Bonchev–Trinajstić information content (AvgIpc) is 3.40. The first-order valence-electron chi connectivity index (χ1n) is 9.32. The molecule has 0 atom stereocenters. The highest BCUT2D eigenvalue weighted by molar-refractivity contribution is 7.08. The van der Waals surface area contributed by atoms with Crippen molar-refractivity contribution in [2.24, 2.45) is 5.92 Å². The van der Waals surface area contributed by atoms with Crippen molar-refractivity contribution in [3.05, 3.63) is 52.5 Å². The second kappa shape index (κ2) is 8.65. The molecule has 27 heavy (non-hydrogen) atoms. The lowest BCUT2D eigenvalue weighted by molar-refractivity contribution is 0.127. The molecule has 2 aromatic heterocycles. The van der Waals surface area contributed by atoms with Crippen LogP contribution in [0.4, 0.5) is 5.69 Å². The molecule has 1 aromatic carbocycles. The van der Waals surface area contributed by atoms with Crippen molar-refractivity contribution >= 4 is 17.0 Å². The van der Waals surface area contributed by atoms with Gasteiger partial charge < -0.3 is 14.9 Å². The smallest absolute Gasteiger partial charge is 0.258 e. The Labute approximate surface area is 162 Å². The van der Waals surface area contributed by atoms with Crippen molar-refractivity contribution in [1.82, 2.24) is 15.0 Å². The largest absolute Gasteiger partial charge is 0.396 e. The first-order chi connectivity index (χ1) is 13.3. The summed E-state index contributed by atoms with van der Waals surface area (Å²) in [5.74, 6) is 1.67. The highest BCUT2D eigenvalue weighted by atomic mass is 32.1. The SMILES string of the molecule is OCC1CCN(Cc2ccccc2NCc2noc(-c3ccsc3)n2)CC1. The van der Waals surface area contributed by atoms with Crippen LogP contribution in [0.3, 0.4) is 0 Å². The molecule has 2 N–H and O–H groups in total. The van der Waals surface area contributed by atoms with Crippen LogP contribution in [0.15, 0.2) is 45.6 Å². The van der Waals surface area contributed by atoms with Crippen molar-refractivity contribution < 1.29 is 9.63 Å². The van der Waals surface area contributed by atoms with Gasteiger partial charge in [-0.2, -0.15) is 16.3 Å². The topological polar surface area (TPSA) is 74.4 Å². The van der Waals surface area contributed by atoms with E-state index in [1.54, 1.807) is 11.3 Å². The van der Waals surface area contributed by atoms with Crippen molar-refractivity contribution in [2.75, 3.05) is 25.0 Å². The van der Waals surface area contributed by atoms with E-state index in [1.165, 1.54) is 5.56 Å². The maximum Gasteiger partial charge on any atom is 0.258 e. The molecule has 6 nitrogen and oxygen atoms in total. The fourth-order valence-corrected chi connectivity index (χ4v) is 4.03. The molecule has 4 rings (SSSR count). The number of hydrogen-bond donors (Lipinski definition) is 2. The minimum Gasteiger partial charge on any atom is -0.396 e. The number of para-hydroxylation sites is 1. The van der Waals surface area contributed by atoms with Crippen molar-refractivity contribution in [3.8, 4) is 11.5 Å². The summed E-state index contributed by atoms with van der Waals surface area (Å²) in [6.07, 6.45) is 2.14. The van der Waals surface area contributed by atoms with E-state index in [0.29, 0.717) is 30.8 Å². The van der Waals surface area contributed by atoms with Crippen LogP contribution in [-0.2, 0) is 13.1 Å². The van der Waals surface area contributed by atoms with Gasteiger partial charge in [0.05, 0.1) is 12.1 Å². The summed E-state index contributed by atoms with van der Waals surface area (Å²) in [7, 11) is 0. The number of rotatable bonds is 7. The fourth-order valence-electron chi connectivity index (χ4n) is 3.40. The van der Waals surface area contributed by atoms with Gasteiger partial charge in [-0.1, -0.05) is 23.4 Å².